The van der Waals surface area contributed by atoms with Gasteiger partial charge in [0.1, 0.15) is 11.6 Å². The van der Waals surface area contributed by atoms with Crippen molar-refractivity contribution in [2.45, 2.75) is 24.8 Å². The zero-order valence-corrected chi connectivity index (χ0v) is 17.1. The second-order valence-corrected chi connectivity index (χ2v) is 8.22. The molecular weight excluding hydrogens is 392 g/mol. The Hall–Kier alpha value is -3.33. The Morgan fingerprint density at radius 1 is 1.10 bits per heavy atom. The summed E-state index contributed by atoms with van der Waals surface area (Å²) in [7, 11) is -2.45. The van der Waals surface area contributed by atoms with Crippen LogP contribution >= 0.6 is 0 Å². The largest absolute Gasteiger partial charge is 0.495 e. The lowest BCUT2D eigenvalue weighted by atomic mass is 10.2. The Bertz CT molecular complexity index is 1120. The van der Waals surface area contributed by atoms with E-state index >= 15 is 0 Å². The molecule has 0 atom stereocenters. The number of sulfonamides is 1. The molecule has 0 aliphatic carbocycles. The van der Waals surface area contributed by atoms with E-state index in [0.29, 0.717) is 17.3 Å². The number of amides is 1. The second-order valence-electron chi connectivity index (χ2n) is 6.54. The zero-order valence-electron chi connectivity index (χ0n) is 16.3. The van der Waals surface area contributed by atoms with E-state index in [1.165, 1.54) is 25.3 Å². The number of carbonyl (C=O) groups is 1. The van der Waals surface area contributed by atoms with Gasteiger partial charge in [-0.25, -0.2) is 13.1 Å². The van der Waals surface area contributed by atoms with Crippen molar-refractivity contribution >= 4 is 27.4 Å². The maximum absolute atomic E-state index is 12.8. The summed E-state index contributed by atoms with van der Waals surface area (Å²) in [6.45, 7) is 3.89. The summed E-state index contributed by atoms with van der Waals surface area (Å²) in [5.74, 6) is 0.499. The number of anilines is 2. The van der Waals surface area contributed by atoms with Crippen molar-refractivity contribution in [1.82, 2.24) is 9.78 Å². The first-order chi connectivity index (χ1) is 13.8. The Morgan fingerprint density at radius 2 is 1.86 bits per heavy atom. The molecule has 0 saturated heterocycles. The van der Waals surface area contributed by atoms with Gasteiger partial charge in [-0.05, 0) is 44.2 Å². The van der Waals surface area contributed by atoms with E-state index in [0.717, 1.165) is 0 Å². The van der Waals surface area contributed by atoms with Crippen LogP contribution in [-0.2, 0) is 10.0 Å². The van der Waals surface area contributed by atoms with E-state index in [9.17, 15) is 13.2 Å². The number of hydrogen-bond donors (Lipinski definition) is 2. The summed E-state index contributed by atoms with van der Waals surface area (Å²) < 4.78 is 34.9. The average molecular weight is 414 g/mol. The minimum Gasteiger partial charge on any atom is -0.495 e. The highest BCUT2D eigenvalue weighted by Crippen LogP contribution is 2.26. The van der Waals surface area contributed by atoms with E-state index in [4.69, 9.17) is 4.74 Å². The fourth-order valence-corrected chi connectivity index (χ4v) is 3.87. The Kier molecular flexibility index (Phi) is 5.88. The quantitative estimate of drug-likeness (QED) is 0.616. The molecule has 2 aromatic carbocycles. The van der Waals surface area contributed by atoms with Crippen molar-refractivity contribution in [3.63, 3.8) is 0 Å². The van der Waals surface area contributed by atoms with Crippen molar-refractivity contribution < 1.29 is 17.9 Å². The van der Waals surface area contributed by atoms with Crippen LogP contribution in [0.3, 0.4) is 0 Å². The van der Waals surface area contributed by atoms with Gasteiger partial charge in [0.2, 0.25) is 0 Å². The van der Waals surface area contributed by atoms with E-state index in [1.807, 2.05) is 13.8 Å². The lowest BCUT2D eigenvalue weighted by Crippen LogP contribution is -2.18. The molecule has 1 amide bonds. The topological polar surface area (TPSA) is 102 Å². The van der Waals surface area contributed by atoms with Gasteiger partial charge in [0.15, 0.2) is 0 Å². The first-order valence-corrected chi connectivity index (χ1v) is 10.4. The molecule has 1 heterocycles. The fraction of sp³-hybridized carbons (Fsp3) is 0.200. The molecule has 0 aliphatic heterocycles. The van der Waals surface area contributed by atoms with Gasteiger partial charge >= 0.3 is 0 Å². The normalized spacial score (nSPS) is 11.3. The summed E-state index contributed by atoms with van der Waals surface area (Å²) in [6, 6.07) is 14.2. The van der Waals surface area contributed by atoms with Crippen molar-refractivity contribution in [2.24, 2.45) is 0 Å². The summed E-state index contributed by atoms with van der Waals surface area (Å²) >= 11 is 0. The van der Waals surface area contributed by atoms with Crippen LogP contribution in [0.15, 0.2) is 65.7 Å². The number of hydrogen-bond acceptors (Lipinski definition) is 5. The molecule has 29 heavy (non-hydrogen) atoms. The van der Waals surface area contributed by atoms with Crippen LogP contribution in [0, 0.1) is 0 Å². The van der Waals surface area contributed by atoms with Gasteiger partial charge in [-0.15, -0.1) is 0 Å². The standard InChI is InChI=1S/C20H22N4O4S/c1-14(2)24-19(11-12-21-24)22-20(25)15-7-6-8-16(13-15)29(26,27)23-17-9-4-5-10-18(17)28-3/h4-14,23H,1-3H3,(H,22,25). The first kappa shape index (κ1) is 20.4. The van der Waals surface area contributed by atoms with Crippen molar-refractivity contribution in [1.29, 1.82) is 0 Å². The number of para-hydroxylation sites is 2. The maximum atomic E-state index is 12.8. The number of carbonyl (C=O) groups excluding carboxylic acids is 1. The molecule has 0 bridgehead atoms. The molecule has 1 aromatic heterocycles. The SMILES string of the molecule is COc1ccccc1NS(=O)(=O)c1cccc(C(=O)Nc2ccnn2C(C)C)c1. The number of benzene rings is 2. The number of rotatable bonds is 7. The number of aromatic nitrogens is 2. The molecule has 3 aromatic rings. The maximum Gasteiger partial charge on any atom is 0.262 e. The molecule has 0 saturated carbocycles. The minimum absolute atomic E-state index is 0.0339. The number of nitrogens with zero attached hydrogens (tertiary/aromatic N) is 2. The molecule has 0 spiro atoms. The molecule has 3 rings (SSSR count). The van der Waals surface area contributed by atoms with E-state index < -0.39 is 15.9 Å². The van der Waals surface area contributed by atoms with Crippen LogP contribution in [0.4, 0.5) is 11.5 Å². The molecule has 152 valence electrons. The predicted molar refractivity (Wildman–Crippen MR) is 111 cm³/mol. The number of methoxy groups -OCH3 is 1. The Balaban J connectivity index is 1.84. The van der Waals surface area contributed by atoms with Crippen molar-refractivity contribution in [3.8, 4) is 5.75 Å². The molecule has 0 fully saturated rings. The molecule has 8 nitrogen and oxygen atoms in total. The van der Waals surface area contributed by atoms with Gasteiger partial charge in [-0.3, -0.25) is 9.52 Å². The molecule has 0 radical (unpaired) electrons. The van der Waals surface area contributed by atoms with Crippen LogP contribution in [0.25, 0.3) is 0 Å². The monoisotopic (exact) mass is 414 g/mol. The van der Waals surface area contributed by atoms with Crippen LogP contribution in [0.1, 0.15) is 30.2 Å². The highest BCUT2D eigenvalue weighted by Gasteiger charge is 2.19. The van der Waals surface area contributed by atoms with Crippen LogP contribution in [0.2, 0.25) is 0 Å². The summed E-state index contributed by atoms with van der Waals surface area (Å²) in [5, 5.41) is 6.93. The lowest BCUT2D eigenvalue weighted by Gasteiger charge is -2.13. The van der Waals surface area contributed by atoms with Crippen LogP contribution in [-0.4, -0.2) is 31.2 Å². The van der Waals surface area contributed by atoms with Gasteiger partial charge in [0, 0.05) is 17.7 Å². The zero-order chi connectivity index (χ0) is 21.0. The van der Waals surface area contributed by atoms with E-state index in [2.05, 4.69) is 15.1 Å². The van der Waals surface area contributed by atoms with Crippen molar-refractivity contribution in [3.05, 3.63) is 66.4 Å². The average Bonchev–Trinajstić information content (AvgIpc) is 3.16. The molecule has 0 unspecified atom stereocenters. The summed E-state index contributed by atoms with van der Waals surface area (Å²) in [6.07, 6.45) is 1.59. The van der Waals surface area contributed by atoms with Gasteiger partial charge < -0.3 is 10.1 Å². The minimum atomic E-state index is -3.91. The van der Waals surface area contributed by atoms with E-state index in [1.54, 1.807) is 47.3 Å². The predicted octanol–water partition coefficient (Wildman–Crippen LogP) is 3.53. The van der Waals surface area contributed by atoms with Crippen molar-refractivity contribution in [2.75, 3.05) is 17.1 Å². The Morgan fingerprint density at radius 3 is 2.59 bits per heavy atom. The second kappa shape index (κ2) is 8.36. The lowest BCUT2D eigenvalue weighted by molar-refractivity contribution is 0.102. The van der Waals surface area contributed by atoms with Crippen LogP contribution in [0.5, 0.6) is 5.75 Å². The Labute approximate surface area is 169 Å². The van der Waals surface area contributed by atoms with Crippen LogP contribution < -0.4 is 14.8 Å². The summed E-state index contributed by atoms with van der Waals surface area (Å²) in [4.78, 5) is 12.6. The molecule has 9 heteroatoms. The van der Waals surface area contributed by atoms with Gasteiger partial charge in [0.25, 0.3) is 15.9 Å². The third-order valence-electron chi connectivity index (χ3n) is 4.16. The van der Waals surface area contributed by atoms with Gasteiger partial charge in [-0.2, -0.15) is 5.10 Å². The molecule has 0 aliphatic rings. The highest BCUT2D eigenvalue weighted by molar-refractivity contribution is 7.92. The van der Waals surface area contributed by atoms with Gasteiger partial charge in [-0.1, -0.05) is 18.2 Å². The third-order valence-corrected chi connectivity index (χ3v) is 5.52. The smallest absolute Gasteiger partial charge is 0.262 e. The first-order valence-electron chi connectivity index (χ1n) is 8.92. The number of ether oxygens (including phenoxy) is 1. The van der Waals surface area contributed by atoms with Gasteiger partial charge in [0.05, 0.1) is 23.9 Å². The number of nitrogens with one attached hydrogen (secondary N) is 2. The molecular formula is C20H22N4O4S. The molecule has 2 N–H and O–H groups in total. The fourth-order valence-electron chi connectivity index (χ4n) is 2.75. The van der Waals surface area contributed by atoms with E-state index in [-0.39, 0.29) is 16.5 Å². The summed E-state index contributed by atoms with van der Waals surface area (Å²) in [5.41, 5.74) is 0.523. The third kappa shape index (κ3) is 4.57. The highest BCUT2D eigenvalue weighted by atomic mass is 32.2.